The molecule has 0 fully saturated rings. The molecule has 1 unspecified atom stereocenters. The molecule has 4 rings (SSSR count). The van der Waals surface area contributed by atoms with Crippen LogP contribution in [0.1, 0.15) is 46.2 Å². The Hall–Kier alpha value is -3.25. The normalized spacial score (nSPS) is 15.5. The fraction of sp³-hybridized carbons (Fsp3) is 0.292. The maximum atomic E-state index is 13.1. The summed E-state index contributed by atoms with van der Waals surface area (Å²) in [6.07, 6.45) is 0. The van der Waals surface area contributed by atoms with Crippen molar-refractivity contribution in [3.63, 3.8) is 0 Å². The molecule has 1 aliphatic rings. The molecule has 30 heavy (non-hydrogen) atoms. The summed E-state index contributed by atoms with van der Waals surface area (Å²) in [7, 11) is 0. The van der Waals surface area contributed by atoms with Crippen LogP contribution in [0.5, 0.6) is 11.5 Å². The van der Waals surface area contributed by atoms with E-state index in [0.717, 1.165) is 5.39 Å². The second-order valence-corrected chi connectivity index (χ2v) is 6.91. The molecule has 0 saturated heterocycles. The number of ether oxygens (including phenoxy) is 3. The van der Waals surface area contributed by atoms with Crippen LogP contribution in [0.25, 0.3) is 10.9 Å². The minimum atomic E-state index is -0.947. The number of pyridine rings is 1. The van der Waals surface area contributed by atoms with Crippen molar-refractivity contribution in [3.8, 4) is 11.5 Å². The third-order valence-corrected chi connectivity index (χ3v) is 5.05. The molecule has 2 aromatic carbocycles. The number of hydrogen-bond donors (Lipinski definition) is 0. The zero-order chi connectivity index (χ0) is 21.1. The lowest BCUT2D eigenvalue weighted by Gasteiger charge is -2.12. The third-order valence-electron chi connectivity index (χ3n) is 5.05. The van der Waals surface area contributed by atoms with Gasteiger partial charge in [-0.15, -0.1) is 0 Å². The molecule has 0 aliphatic heterocycles. The minimum Gasteiger partial charge on any atom is -0.494 e. The van der Waals surface area contributed by atoms with Gasteiger partial charge in [-0.2, -0.15) is 0 Å². The fourth-order valence-corrected chi connectivity index (χ4v) is 3.66. The Morgan fingerprint density at radius 1 is 0.867 bits per heavy atom. The van der Waals surface area contributed by atoms with Crippen LogP contribution in [-0.2, 0) is 4.74 Å². The van der Waals surface area contributed by atoms with Gasteiger partial charge in [0.15, 0.2) is 11.6 Å². The molecular formula is C24H23NO5. The van der Waals surface area contributed by atoms with Gasteiger partial charge in [0.25, 0.3) is 0 Å². The lowest BCUT2D eigenvalue weighted by molar-refractivity contribution is 0.0888. The number of para-hydroxylation sites is 1. The van der Waals surface area contributed by atoms with Gasteiger partial charge in [0.2, 0.25) is 0 Å². The van der Waals surface area contributed by atoms with E-state index in [4.69, 9.17) is 14.2 Å². The van der Waals surface area contributed by atoms with Crippen LogP contribution >= 0.6 is 0 Å². The Bertz CT molecular complexity index is 1110. The molecule has 6 nitrogen and oxygen atoms in total. The van der Waals surface area contributed by atoms with Gasteiger partial charge in [0.1, 0.15) is 29.5 Å². The summed E-state index contributed by atoms with van der Waals surface area (Å²) in [5.41, 5.74) is 1.85. The highest BCUT2D eigenvalue weighted by Gasteiger charge is 2.40. The first-order chi connectivity index (χ1) is 14.6. The fourth-order valence-electron chi connectivity index (χ4n) is 3.66. The van der Waals surface area contributed by atoms with E-state index in [1.54, 1.807) is 24.3 Å². The Morgan fingerprint density at radius 2 is 1.70 bits per heavy atom. The molecule has 0 spiro atoms. The van der Waals surface area contributed by atoms with Crippen molar-refractivity contribution in [2.24, 2.45) is 0 Å². The molecule has 1 atom stereocenters. The summed E-state index contributed by atoms with van der Waals surface area (Å²) in [5.74, 6) is -0.256. The van der Waals surface area contributed by atoms with Crippen LogP contribution < -0.4 is 9.47 Å². The smallest absolute Gasteiger partial charge is 0.180 e. The number of hydrogen-bond acceptors (Lipinski definition) is 6. The predicted molar refractivity (Wildman–Crippen MR) is 113 cm³/mol. The summed E-state index contributed by atoms with van der Waals surface area (Å²) < 4.78 is 16.6. The Labute approximate surface area is 174 Å². The maximum Gasteiger partial charge on any atom is 0.180 e. The minimum absolute atomic E-state index is 0.236. The largest absolute Gasteiger partial charge is 0.494 e. The van der Waals surface area contributed by atoms with Crippen LogP contribution in [0.2, 0.25) is 0 Å². The highest BCUT2D eigenvalue weighted by atomic mass is 16.5. The average molecular weight is 405 g/mol. The van der Waals surface area contributed by atoms with Crippen LogP contribution in [0, 0.1) is 0 Å². The zero-order valence-electron chi connectivity index (χ0n) is 17.0. The summed E-state index contributed by atoms with van der Waals surface area (Å²) in [4.78, 5) is 30.7. The summed E-state index contributed by atoms with van der Waals surface area (Å²) in [5, 5.41) is 0.877. The summed E-state index contributed by atoms with van der Waals surface area (Å²) in [6.45, 7) is 5.78. The van der Waals surface area contributed by atoms with Crippen molar-refractivity contribution in [3.05, 3.63) is 65.4 Å². The van der Waals surface area contributed by atoms with Crippen LogP contribution in [0.3, 0.4) is 0 Å². The zero-order valence-corrected chi connectivity index (χ0v) is 17.0. The van der Waals surface area contributed by atoms with Gasteiger partial charge in [0, 0.05) is 23.1 Å². The van der Waals surface area contributed by atoms with E-state index < -0.39 is 5.92 Å². The number of nitrogens with zero attached hydrogens (tertiary/aromatic N) is 1. The maximum absolute atomic E-state index is 13.1. The number of benzene rings is 2. The molecular weight excluding hydrogens is 382 g/mol. The van der Waals surface area contributed by atoms with Crippen molar-refractivity contribution < 1.29 is 23.8 Å². The van der Waals surface area contributed by atoms with Crippen LogP contribution in [0.4, 0.5) is 0 Å². The molecule has 0 bridgehead atoms. The van der Waals surface area contributed by atoms with E-state index in [1.165, 1.54) is 0 Å². The average Bonchev–Trinajstić information content (AvgIpc) is 3.01. The van der Waals surface area contributed by atoms with Gasteiger partial charge >= 0.3 is 0 Å². The molecule has 1 aromatic heterocycles. The van der Waals surface area contributed by atoms with Crippen LogP contribution in [-0.4, -0.2) is 43.0 Å². The molecule has 3 aromatic rings. The quantitative estimate of drug-likeness (QED) is 0.413. The molecule has 154 valence electrons. The molecule has 0 radical (unpaired) electrons. The lowest BCUT2D eigenvalue weighted by Crippen LogP contribution is -2.14. The Balaban J connectivity index is 1.67. The topological polar surface area (TPSA) is 74.7 Å². The highest BCUT2D eigenvalue weighted by molar-refractivity contribution is 6.29. The first-order valence-electron chi connectivity index (χ1n) is 10.1. The monoisotopic (exact) mass is 405 g/mol. The van der Waals surface area contributed by atoms with Crippen molar-refractivity contribution in [2.45, 2.75) is 19.8 Å². The second kappa shape index (κ2) is 8.63. The first-order valence-corrected chi connectivity index (χ1v) is 10.1. The molecule has 6 heteroatoms. The SMILES string of the molecule is CCOCCOc1cccc2ccc(C3C(=O)c4ccc(OCC)cc4C3=O)nc12. The number of carbonyl (C=O) groups excluding carboxylic acids is 2. The standard InChI is InChI=1S/C24H23NO5/c1-3-28-12-13-30-20-7-5-6-15-8-11-19(25-22(15)20)21-23(26)17-10-9-16(29-4-2)14-18(17)24(21)27/h5-11,14,21H,3-4,12-13H2,1-2H3. The molecule has 1 aliphatic carbocycles. The number of ketones is 2. The van der Waals surface area contributed by atoms with Gasteiger partial charge in [-0.05, 0) is 44.2 Å². The number of aromatic nitrogens is 1. The van der Waals surface area contributed by atoms with E-state index in [9.17, 15) is 9.59 Å². The van der Waals surface area contributed by atoms with E-state index in [2.05, 4.69) is 4.98 Å². The van der Waals surface area contributed by atoms with Crippen molar-refractivity contribution in [1.82, 2.24) is 4.98 Å². The van der Waals surface area contributed by atoms with Crippen LogP contribution in [0.15, 0.2) is 48.5 Å². The lowest BCUT2D eigenvalue weighted by atomic mass is 9.98. The van der Waals surface area contributed by atoms with Gasteiger partial charge in [-0.1, -0.05) is 18.2 Å². The summed E-state index contributed by atoms with van der Waals surface area (Å²) in [6, 6.07) is 14.2. The predicted octanol–water partition coefficient (Wildman–Crippen LogP) is 4.21. The van der Waals surface area contributed by atoms with Gasteiger partial charge in [-0.25, -0.2) is 4.98 Å². The number of carbonyl (C=O) groups is 2. The van der Waals surface area contributed by atoms with Crippen molar-refractivity contribution in [2.75, 3.05) is 26.4 Å². The Kier molecular flexibility index (Phi) is 5.77. The van der Waals surface area contributed by atoms with Crippen molar-refractivity contribution >= 4 is 22.5 Å². The van der Waals surface area contributed by atoms with E-state index in [0.29, 0.717) is 60.3 Å². The Morgan fingerprint density at radius 3 is 2.50 bits per heavy atom. The third kappa shape index (κ3) is 3.66. The number of rotatable bonds is 8. The number of Topliss-reactive ketones (excluding diaryl/α,β-unsaturated/α-hetero) is 2. The molecule has 1 heterocycles. The first kappa shape index (κ1) is 20.0. The highest BCUT2D eigenvalue weighted by Crippen LogP contribution is 2.36. The van der Waals surface area contributed by atoms with E-state index in [-0.39, 0.29) is 11.6 Å². The van der Waals surface area contributed by atoms with Gasteiger partial charge < -0.3 is 14.2 Å². The van der Waals surface area contributed by atoms with Gasteiger partial charge in [-0.3, -0.25) is 9.59 Å². The van der Waals surface area contributed by atoms with Crippen molar-refractivity contribution in [1.29, 1.82) is 0 Å². The molecule has 0 amide bonds. The number of fused-ring (bicyclic) bond motifs is 2. The second-order valence-electron chi connectivity index (χ2n) is 6.91. The molecule has 0 N–H and O–H groups in total. The van der Waals surface area contributed by atoms with Gasteiger partial charge in [0.05, 0.1) is 18.9 Å². The summed E-state index contributed by atoms with van der Waals surface area (Å²) >= 11 is 0. The molecule has 0 saturated carbocycles. The van der Waals surface area contributed by atoms with E-state index >= 15 is 0 Å². The van der Waals surface area contributed by atoms with E-state index in [1.807, 2.05) is 38.1 Å².